The zero-order valence-corrected chi connectivity index (χ0v) is 13.8. The van der Waals surface area contributed by atoms with Gasteiger partial charge in [-0.2, -0.15) is 0 Å². The number of aliphatic hydroxyl groups excluding tert-OH is 1. The predicted octanol–water partition coefficient (Wildman–Crippen LogP) is 2.06. The molecule has 0 spiro atoms. The predicted molar refractivity (Wildman–Crippen MR) is 91.0 cm³/mol. The number of hydrogen-bond acceptors (Lipinski definition) is 5. The molecular weight excluding hydrogens is 330 g/mol. The topological polar surface area (TPSA) is 74.7 Å². The molecule has 2 N–H and O–H groups in total. The second kappa shape index (κ2) is 7.61. The molecule has 1 aromatic carbocycles. The number of benzene rings is 1. The highest BCUT2D eigenvalue weighted by molar-refractivity contribution is 6.30. The van der Waals surface area contributed by atoms with Gasteiger partial charge in [0.2, 0.25) is 5.91 Å². The number of aliphatic hydroxyl groups is 1. The molecule has 1 amide bonds. The van der Waals surface area contributed by atoms with E-state index < -0.39 is 0 Å². The molecule has 0 fully saturated rings. The summed E-state index contributed by atoms with van der Waals surface area (Å²) < 4.78 is 5.71. The summed E-state index contributed by atoms with van der Waals surface area (Å²) in [5.74, 6) is 1.12. The largest absolute Gasteiger partial charge is 0.492 e. The summed E-state index contributed by atoms with van der Waals surface area (Å²) in [5, 5.41) is 12.5. The van der Waals surface area contributed by atoms with Crippen LogP contribution in [0, 0.1) is 0 Å². The van der Waals surface area contributed by atoms with Crippen molar-refractivity contribution in [3.05, 3.63) is 52.7 Å². The Morgan fingerprint density at radius 2 is 2.25 bits per heavy atom. The molecular formula is C17H18ClN3O3. The lowest BCUT2D eigenvalue weighted by molar-refractivity contribution is -0.117. The molecule has 0 bridgehead atoms. The Bertz CT molecular complexity index is 722. The zero-order chi connectivity index (χ0) is 16.9. The molecule has 0 unspecified atom stereocenters. The van der Waals surface area contributed by atoms with E-state index in [2.05, 4.69) is 10.3 Å². The summed E-state index contributed by atoms with van der Waals surface area (Å²) in [5.41, 5.74) is 1.80. The normalized spacial score (nSPS) is 14.4. The fourth-order valence-electron chi connectivity index (χ4n) is 2.57. The van der Waals surface area contributed by atoms with E-state index in [1.165, 1.54) is 6.20 Å². The molecule has 1 aliphatic heterocycles. The molecule has 7 heteroatoms. The minimum Gasteiger partial charge on any atom is -0.492 e. The second-order valence-electron chi connectivity index (χ2n) is 5.57. The quantitative estimate of drug-likeness (QED) is 0.885. The summed E-state index contributed by atoms with van der Waals surface area (Å²) >= 11 is 5.78. The number of anilines is 1. The van der Waals surface area contributed by atoms with Gasteiger partial charge < -0.3 is 15.2 Å². The molecule has 2 heterocycles. The van der Waals surface area contributed by atoms with E-state index in [1.54, 1.807) is 12.1 Å². The molecule has 24 heavy (non-hydrogen) atoms. The third kappa shape index (κ3) is 4.23. The van der Waals surface area contributed by atoms with Crippen LogP contribution in [0.3, 0.4) is 0 Å². The maximum absolute atomic E-state index is 12.2. The number of carbonyl (C=O) groups is 1. The van der Waals surface area contributed by atoms with Crippen LogP contribution < -0.4 is 10.1 Å². The van der Waals surface area contributed by atoms with Gasteiger partial charge in [-0.1, -0.05) is 17.7 Å². The van der Waals surface area contributed by atoms with Gasteiger partial charge in [0, 0.05) is 24.8 Å². The van der Waals surface area contributed by atoms with E-state index >= 15 is 0 Å². The average molecular weight is 348 g/mol. The standard InChI is InChI=1S/C17H18ClN3O3/c18-14-2-4-16(19-8-14)20-17(23)10-21-5-6-24-15-3-1-12(11-22)7-13(15)9-21/h1-4,7-8,22H,5-6,9-11H2,(H,19,20,23). The van der Waals surface area contributed by atoms with Crippen molar-refractivity contribution >= 4 is 23.3 Å². The average Bonchev–Trinajstić information content (AvgIpc) is 2.77. The van der Waals surface area contributed by atoms with Crippen LogP contribution in [-0.2, 0) is 17.9 Å². The number of ether oxygens (including phenoxy) is 1. The molecule has 1 aliphatic rings. The summed E-state index contributed by atoms with van der Waals surface area (Å²) in [6.45, 7) is 1.96. The first kappa shape index (κ1) is 16.7. The minimum atomic E-state index is -0.147. The third-order valence-electron chi connectivity index (χ3n) is 3.73. The van der Waals surface area contributed by atoms with Crippen LogP contribution in [0.25, 0.3) is 0 Å². The number of fused-ring (bicyclic) bond motifs is 1. The molecule has 0 atom stereocenters. The number of nitrogens with zero attached hydrogens (tertiary/aromatic N) is 2. The van der Waals surface area contributed by atoms with Crippen LogP contribution in [0.5, 0.6) is 5.75 Å². The van der Waals surface area contributed by atoms with Crippen molar-refractivity contribution in [3.8, 4) is 5.75 Å². The van der Waals surface area contributed by atoms with Gasteiger partial charge >= 0.3 is 0 Å². The fourth-order valence-corrected chi connectivity index (χ4v) is 2.68. The highest BCUT2D eigenvalue weighted by Crippen LogP contribution is 2.24. The van der Waals surface area contributed by atoms with Gasteiger partial charge in [0.05, 0.1) is 18.2 Å². The van der Waals surface area contributed by atoms with Gasteiger partial charge in [0.1, 0.15) is 18.2 Å². The maximum atomic E-state index is 12.2. The Hall–Kier alpha value is -2.15. The van der Waals surface area contributed by atoms with E-state index in [0.29, 0.717) is 30.5 Å². The molecule has 0 saturated heterocycles. The van der Waals surface area contributed by atoms with Crippen LogP contribution in [0.4, 0.5) is 5.82 Å². The molecule has 2 aromatic rings. The number of carbonyl (C=O) groups excluding carboxylic acids is 1. The Labute approximate surface area is 145 Å². The Kier molecular flexibility index (Phi) is 5.30. The minimum absolute atomic E-state index is 0.0179. The van der Waals surface area contributed by atoms with E-state index in [0.717, 1.165) is 16.9 Å². The van der Waals surface area contributed by atoms with Crippen molar-refractivity contribution in [2.75, 3.05) is 25.0 Å². The first-order valence-electron chi connectivity index (χ1n) is 7.63. The third-order valence-corrected chi connectivity index (χ3v) is 3.95. The lowest BCUT2D eigenvalue weighted by Gasteiger charge is -2.18. The molecule has 0 radical (unpaired) electrons. The van der Waals surface area contributed by atoms with E-state index in [1.807, 2.05) is 23.1 Å². The number of nitrogens with one attached hydrogen (secondary N) is 1. The number of hydrogen-bond donors (Lipinski definition) is 2. The number of aromatic nitrogens is 1. The molecule has 126 valence electrons. The molecule has 0 aliphatic carbocycles. The number of rotatable bonds is 4. The second-order valence-corrected chi connectivity index (χ2v) is 6.01. The van der Waals surface area contributed by atoms with Crippen molar-refractivity contribution in [2.45, 2.75) is 13.2 Å². The van der Waals surface area contributed by atoms with Crippen molar-refractivity contribution in [1.29, 1.82) is 0 Å². The summed E-state index contributed by atoms with van der Waals surface area (Å²) in [6.07, 6.45) is 1.49. The SMILES string of the molecule is O=C(CN1CCOc2ccc(CO)cc2C1)Nc1ccc(Cl)cn1. The van der Waals surface area contributed by atoms with Crippen molar-refractivity contribution in [1.82, 2.24) is 9.88 Å². The number of halogens is 1. The first-order valence-corrected chi connectivity index (χ1v) is 8.01. The molecule has 3 rings (SSSR count). The van der Waals surface area contributed by atoms with E-state index in [9.17, 15) is 9.90 Å². The molecule has 6 nitrogen and oxygen atoms in total. The lowest BCUT2D eigenvalue weighted by atomic mass is 10.1. The zero-order valence-electron chi connectivity index (χ0n) is 13.0. The van der Waals surface area contributed by atoms with Gasteiger partial charge in [0.25, 0.3) is 0 Å². The summed E-state index contributed by atoms with van der Waals surface area (Å²) in [4.78, 5) is 18.3. The molecule has 0 saturated carbocycles. The van der Waals surface area contributed by atoms with Gasteiger partial charge in [-0.05, 0) is 29.8 Å². The summed E-state index contributed by atoms with van der Waals surface area (Å²) in [7, 11) is 0. The van der Waals surface area contributed by atoms with Crippen LogP contribution in [0.15, 0.2) is 36.5 Å². The van der Waals surface area contributed by atoms with Crippen molar-refractivity contribution in [2.24, 2.45) is 0 Å². The van der Waals surface area contributed by atoms with E-state index in [-0.39, 0.29) is 19.1 Å². The van der Waals surface area contributed by atoms with E-state index in [4.69, 9.17) is 16.3 Å². The highest BCUT2D eigenvalue weighted by Gasteiger charge is 2.18. The van der Waals surface area contributed by atoms with Gasteiger partial charge in [-0.3, -0.25) is 9.69 Å². The van der Waals surface area contributed by atoms with Crippen LogP contribution >= 0.6 is 11.6 Å². The Balaban J connectivity index is 1.64. The number of amides is 1. The smallest absolute Gasteiger partial charge is 0.239 e. The first-order chi connectivity index (χ1) is 11.6. The van der Waals surface area contributed by atoms with Crippen LogP contribution in [-0.4, -0.2) is 40.6 Å². The summed E-state index contributed by atoms with van der Waals surface area (Å²) in [6, 6.07) is 8.95. The van der Waals surface area contributed by atoms with Gasteiger partial charge in [-0.15, -0.1) is 0 Å². The lowest BCUT2D eigenvalue weighted by Crippen LogP contribution is -2.34. The van der Waals surface area contributed by atoms with Crippen molar-refractivity contribution < 1.29 is 14.6 Å². The fraction of sp³-hybridized carbons (Fsp3) is 0.294. The van der Waals surface area contributed by atoms with Gasteiger partial charge in [-0.25, -0.2) is 4.98 Å². The van der Waals surface area contributed by atoms with Crippen LogP contribution in [0.1, 0.15) is 11.1 Å². The monoisotopic (exact) mass is 347 g/mol. The highest BCUT2D eigenvalue weighted by atomic mass is 35.5. The van der Waals surface area contributed by atoms with Crippen LogP contribution in [0.2, 0.25) is 5.02 Å². The Morgan fingerprint density at radius 1 is 1.38 bits per heavy atom. The maximum Gasteiger partial charge on any atom is 0.239 e. The van der Waals surface area contributed by atoms with Crippen molar-refractivity contribution in [3.63, 3.8) is 0 Å². The number of pyridine rings is 1. The van der Waals surface area contributed by atoms with Gasteiger partial charge in [0.15, 0.2) is 0 Å². The Morgan fingerprint density at radius 3 is 3.00 bits per heavy atom. The molecule has 1 aromatic heterocycles.